The lowest BCUT2D eigenvalue weighted by atomic mass is 9.77. The van der Waals surface area contributed by atoms with E-state index in [0.717, 1.165) is 37.9 Å². The molecule has 1 aromatic rings. The second-order valence-corrected chi connectivity index (χ2v) is 8.80. The van der Waals surface area contributed by atoms with Gasteiger partial charge in [-0.3, -0.25) is 9.59 Å². The number of amides is 1. The predicted molar refractivity (Wildman–Crippen MR) is 104 cm³/mol. The highest BCUT2D eigenvalue weighted by Gasteiger charge is 2.53. The van der Waals surface area contributed by atoms with Gasteiger partial charge in [0.15, 0.2) is 11.5 Å². The van der Waals surface area contributed by atoms with Crippen molar-refractivity contribution >= 4 is 23.3 Å². The number of benzene rings is 1. The highest BCUT2D eigenvalue weighted by Crippen LogP contribution is 2.47. The van der Waals surface area contributed by atoms with Crippen molar-refractivity contribution in [3.05, 3.63) is 47.2 Å². The normalized spacial score (nSPS) is 35.0. The van der Waals surface area contributed by atoms with E-state index in [1.165, 1.54) is 0 Å². The summed E-state index contributed by atoms with van der Waals surface area (Å²) in [5, 5.41) is -0.00813. The van der Waals surface area contributed by atoms with Crippen LogP contribution >= 0.6 is 11.6 Å². The van der Waals surface area contributed by atoms with Crippen molar-refractivity contribution in [1.29, 1.82) is 0 Å². The van der Waals surface area contributed by atoms with Crippen molar-refractivity contribution in [3.8, 4) is 0 Å². The van der Waals surface area contributed by atoms with Gasteiger partial charge < -0.3 is 14.4 Å². The van der Waals surface area contributed by atoms with E-state index < -0.39 is 6.04 Å². The van der Waals surface area contributed by atoms with Crippen LogP contribution in [0.1, 0.15) is 43.7 Å². The molecule has 0 bridgehead atoms. The molecule has 0 spiro atoms. The Morgan fingerprint density at radius 1 is 1.11 bits per heavy atom. The van der Waals surface area contributed by atoms with E-state index in [-0.39, 0.29) is 41.0 Å². The summed E-state index contributed by atoms with van der Waals surface area (Å²) in [5.41, 5.74) is 1.45. The largest absolute Gasteiger partial charge is 0.483 e. The van der Waals surface area contributed by atoms with Crippen LogP contribution in [0.3, 0.4) is 0 Å². The predicted octanol–water partition coefficient (Wildman–Crippen LogP) is 3.38. The number of fused-ring (bicyclic) bond motifs is 1. The zero-order valence-electron chi connectivity index (χ0n) is 15.7. The topological polar surface area (TPSA) is 55.8 Å². The van der Waals surface area contributed by atoms with E-state index in [0.29, 0.717) is 18.5 Å². The number of alkyl halides is 1. The summed E-state index contributed by atoms with van der Waals surface area (Å²) in [6, 6.07) is 9.36. The van der Waals surface area contributed by atoms with Gasteiger partial charge in [0.25, 0.3) is 5.91 Å². The minimum Gasteiger partial charge on any atom is -0.483 e. The molecule has 6 heteroatoms. The monoisotopic (exact) mass is 401 g/mol. The highest BCUT2D eigenvalue weighted by molar-refractivity contribution is 6.21. The van der Waals surface area contributed by atoms with E-state index in [1.807, 2.05) is 30.3 Å². The summed E-state index contributed by atoms with van der Waals surface area (Å²) >= 11 is 6.35. The van der Waals surface area contributed by atoms with Crippen LogP contribution in [0.2, 0.25) is 0 Å². The van der Waals surface area contributed by atoms with Crippen molar-refractivity contribution in [2.75, 3.05) is 13.2 Å². The van der Waals surface area contributed by atoms with Gasteiger partial charge in [-0.05, 0) is 37.7 Å². The fourth-order valence-electron chi connectivity index (χ4n) is 5.04. The lowest BCUT2D eigenvalue weighted by Gasteiger charge is -2.37. The smallest absolute Gasteiger partial charge is 0.290 e. The van der Waals surface area contributed by atoms with Crippen LogP contribution < -0.4 is 0 Å². The van der Waals surface area contributed by atoms with Crippen molar-refractivity contribution in [1.82, 2.24) is 4.90 Å². The van der Waals surface area contributed by atoms with Gasteiger partial charge in [-0.1, -0.05) is 30.3 Å². The third kappa shape index (κ3) is 2.96. The van der Waals surface area contributed by atoms with E-state index in [2.05, 4.69) is 0 Å². The maximum atomic E-state index is 13.5. The Labute approximate surface area is 169 Å². The molecule has 2 fully saturated rings. The molecule has 148 valence electrons. The zero-order chi connectivity index (χ0) is 19.3. The molecular weight excluding hydrogens is 378 g/mol. The molecular formula is C22H24ClNO4. The molecule has 0 radical (unpaired) electrons. The summed E-state index contributed by atoms with van der Waals surface area (Å²) in [5.74, 6) is -0.143. The molecule has 5 nitrogen and oxygen atoms in total. The molecule has 3 aliphatic heterocycles. The van der Waals surface area contributed by atoms with Crippen LogP contribution in [0.4, 0.5) is 0 Å². The molecule has 1 aliphatic carbocycles. The highest BCUT2D eigenvalue weighted by atomic mass is 35.5. The number of nitrogens with zero attached hydrogens (tertiary/aromatic N) is 1. The average molecular weight is 402 g/mol. The molecule has 0 aromatic heterocycles. The SMILES string of the molecule is O=C1C2=C(OC3CCC(Cl)CC13)C(=O)N(CC1CCCO1)C2c1ccccc1. The molecule has 1 amide bonds. The van der Waals surface area contributed by atoms with Crippen LogP contribution in [0.25, 0.3) is 0 Å². The van der Waals surface area contributed by atoms with Crippen LogP contribution in [0, 0.1) is 5.92 Å². The number of hydrogen-bond donors (Lipinski definition) is 0. The number of ketones is 1. The van der Waals surface area contributed by atoms with Gasteiger partial charge in [0, 0.05) is 18.5 Å². The second kappa shape index (κ2) is 7.20. The fraction of sp³-hybridized carbons (Fsp3) is 0.545. The first-order valence-corrected chi connectivity index (χ1v) is 10.6. The van der Waals surface area contributed by atoms with Gasteiger partial charge in [-0.15, -0.1) is 11.6 Å². The maximum absolute atomic E-state index is 13.5. The molecule has 5 atom stereocenters. The Morgan fingerprint density at radius 2 is 1.93 bits per heavy atom. The van der Waals surface area contributed by atoms with Crippen molar-refractivity contribution in [2.45, 2.75) is 55.7 Å². The van der Waals surface area contributed by atoms with Crippen LogP contribution in [-0.4, -0.2) is 47.3 Å². The quantitative estimate of drug-likeness (QED) is 0.728. The first-order chi connectivity index (χ1) is 13.6. The van der Waals surface area contributed by atoms with E-state index >= 15 is 0 Å². The number of halogens is 1. The Balaban J connectivity index is 1.54. The maximum Gasteiger partial charge on any atom is 0.290 e. The Morgan fingerprint density at radius 3 is 2.68 bits per heavy atom. The third-order valence-electron chi connectivity index (χ3n) is 6.42. The van der Waals surface area contributed by atoms with Crippen molar-refractivity contribution in [3.63, 3.8) is 0 Å². The van der Waals surface area contributed by atoms with Gasteiger partial charge in [0.1, 0.15) is 6.10 Å². The zero-order valence-corrected chi connectivity index (χ0v) is 16.4. The van der Waals surface area contributed by atoms with Crippen LogP contribution in [0.5, 0.6) is 0 Å². The van der Waals surface area contributed by atoms with E-state index in [4.69, 9.17) is 21.1 Å². The number of carbonyl (C=O) groups excluding carboxylic acids is 2. The molecule has 4 aliphatic rings. The number of Topliss-reactive ketones (excluding diaryl/α,β-unsaturated/α-hetero) is 1. The van der Waals surface area contributed by atoms with Crippen molar-refractivity contribution in [2.24, 2.45) is 5.92 Å². The summed E-state index contributed by atoms with van der Waals surface area (Å²) in [7, 11) is 0. The molecule has 0 N–H and O–H groups in total. The van der Waals surface area contributed by atoms with Gasteiger partial charge in [0.2, 0.25) is 0 Å². The fourth-order valence-corrected chi connectivity index (χ4v) is 5.36. The molecule has 1 saturated heterocycles. The van der Waals surface area contributed by atoms with Crippen molar-refractivity contribution < 1.29 is 19.1 Å². The number of ether oxygens (including phenoxy) is 2. The Hall–Kier alpha value is -1.85. The van der Waals surface area contributed by atoms with Gasteiger partial charge in [0.05, 0.1) is 23.6 Å². The Kier molecular flexibility index (Phi) is 4.68. The minimum absolute atomic E-state index is 0.00813. The summed E-state index contributed by atoms with van der Waals surface area (Å²) < 4.78 is 11.9. The summed E-state index contributed by atoms with van der Waals surface area (Å²) in [4.78, 5) is 28.6. The summed E-state index contributed by atoms with van der Waals surface area (Å²) in [6.07, 6.45) is 3.87. The lowest BCUT2D eigenvalue weighted by molar-refractivity contribution is -0.136. The first-order valence-electron chi connectivity index (χ1n) is 10.2. The van der Waals surface area contributed by atoms with E-state index in [9.17, 15) is 9.59 Å². The van der Waals surface area contributed by atoms with Gasteiger partial charge in [-0.25, -0.2) is 0 Å². The Bertz CT molecular complexity index is 817. The number of rotatable bonds is 3. The number of hydrogen-bond acceptors (Lipinski definition) is 4. The molecule has 5 unspecified atom stereocenters. The van der Waals surface area contributed by atoms with Crippen LogP contribution in [-0.2, 0) is 19.1 Å². The van der Waals surface area contributed by atoms with E-state index in [1.54, 1.807) is 4.90 Å². The van der Waals surface area contributed by atoms with Gasteiger partial charge in [-0.2, -0.15) is 0 Å². The molecule has 1 saturated carbocycles. The van der Waals surface area contributed by atoms with Crippen LogP contribution in [0.15, 0.2) is 41.7 Å². The summed E-state index contributed by atoms with van der Waals surface area (Å²) in [6.45, 7) is 1.21. The number of carbonyl (C=O) groups is 2. The third-order valence-corrected chi connectivity index (χ3v) is 6.82. The standard InChI is InChI=1S/C22H24ClNO4/c23-14-8-9-17-16(11-14)20(25)18-19(13-5-2-1-3-6-13)24(22(26)21(18)28-17)12-15-7-4-10-27-15/h1-3,5-6,14-17,19H,4,7-12H2. The molecule has 3 heterocycles. The molecule has 28 heavy (non-hydrogen) atoms. The lowest BCUT2D eigenvalue weighted by Crippen LogP contribution is -2.41. The second-order valence-electron chi connectivity index (χ2n) is 8.19. The molecule has 5 rings (SSSR count). The first kappa shape index (κ1) is 18.2. The van der Waals surface area contributed by atoms with Gasteiger partial charge >= 0.3 is 0 Å². The molecule has 1 aromatic carbocycles. The average Bonchev–Trinajstić information content (AvgIpc) is 3.31. The minimum atomic E-state index is -0.406.